The van der Waals surface area contributed by atoms with Crippen molar-refractivity contribution in [2.75, 3.05) is 0 Å². The lowest BCUT2D eigenvalue weighted by atomic mass is 10.2. The first kappa shape index (κ1) is 12.5. The van der Waals surface area contributed by atoms with Gasteiger partial charge in [0.2, 0.25) is 0 Å². The van der Waals surface area contributed by atoms with Gasteiger partial charge in [-0.15, -0.1) is 12.4 Å². The van der Waals surface area contributed by atoms with Gasteiger partial charge >= 0.3 is 0 Å². The molecule has 0 saturated heterocycles. The summed E-state index contributed by atoms with van der Waals surface area (Å²) in [4.78, 5) is 12.8. The Morgan fingerprint density at radius 3 is 2.62 bits per heavy atom. The van der Waals surface area contributed by atoms with Crippen molar-refractivity contribution in [3.63, 3.8) is 0 Å². The molecule has 2 heterocycles. The smallest absolute Gasteiger partial charge is 0.142 e. The standard InChI is InChI=1S/C11H12N4.ClH/c1-8-6-10(15-11(7-12)14-8)9-4-2-3-5-13-9;/h2-6H,7,12H2,1H3;1H. The quantitative estimate of drug-likeness (QED) is 0.863. The highest BCUT2D eigenvalue weighted by molar-refractivity contribution is 5.85. The lowest BCUT2D eigenvalue weighted by Gasteiger charge is -2.03. The zero-order valence-corrected chi connectivity index (χ0v) is 9.74. The predicted molar refractivity (Wildman–Crippen MR) is 65.1 cm³/mol. The van der Waals surface area contributed by atoms with Crippen molar-refractivity contribution in [1.29, 1.82) is 0 Å². The Bertz CT molecular complexity index is 459. The summed E-state index contributed by atoms with van der Waals surface area (Å²) in [5.41, 5.74) is 8.10. The second-order valence-electron chi connectivity index (χ2n) is 3.23. The number of hydrogen-bond acceptors (Lipinski definition) is 4. The van der Waals surface area contributed by atoms with Crippen LogP contribution in [0.1, 0.15) is 11.5 Å². The van der Waals surface area contributed by atoms with Crippen LogP contribution in [0.25, 0.3) is 11.4 Å². The largest absolute Gasteiger partial charge is 0.324 e. The summed E-state index contributed by atoms with van der Waals surface area (Å²) in [6, 6.07) is 7.63. The third-order valence-electron chi connectivity index (χ3n) is 2.01. The number of aryl methyl sites for hydroxylation is 1. The first-order valence-electron chi connectivity index (χ1n) is 4.75. The Morgan fingerprint density at radius 1 is 1.19 bits per heavy atom. The minimum atomic E-state index is 0. The van der Waals surface area contributed by atoms with Crippen molar-refractivity contribution in [2.45, 2.75) is 13.5 Å². The minimum Gasteiger partial charge on any atom is -0.324 e. The zero-order valence-electron chi connectivity index (χ0n) is 8.92. The molecule has 5 heteroatoms. The first-order chi connectivity index (χ1) is 7.29. The van der Waals surface area contributed by atoms with Gasteiger partial charge in [-0.05, 0) is 25.1 Å². The summed E-state index contributed by atoms with van der Waals surface area (Å²) in [6.07, 6.45) is 1.74. The van der Waals surface area contributed by atoms with Crippen LogP contribution in [0.3, 0.4) is 0 Å². The van der Waals surface area contributed by atoms with Crippen LogP contribution in [0, 0.1) is 6.92 Å². The van der Waals surface area contributed by atoms with Crippen molar-refractivity contribution in [1.82, 2.24) is 15.0 Å². The number of hydrogen-bond donors (Lipinski definition) is 1. The fourth-order valence-corrected chi connectivity index (χ4v) is 1.37. The molecule has 0 bridgehead atoms. The molecule has 0 aliphatic rings. The second-order valence-corrected chi connectivity index (χ2v) is 3.23. The highest BCUT2D eigenvalue weighted by atomic mass is 35.5. The maximum atomic E-state index is 5.52. The Kier molecular flexibility index (Phi) is 4.34. The fourth-order valence-electron chi connectivity index (χ4n) is 1.37. The van der Waals surface area contributed by atoms with Crippen LogP contribution >= 0.6 is 12.4 Å². The van der Waals surface area contributed by atoms with Gasteiger partial charge in [0.1, 0.15) is 5.82 Å². The van der Waals surface area contributed by atoms with Gasteiger partial charge in [-0.1, -0.05) is 6.07 Å². The summed E-state index contributed by atoms with van der Waals surface area (Å²) in [6.45, 7) is 2.27. The molecule has 2 aromatic rings. The van der Waals surface area contributed by atoms with E-state index in [4.69, 9.17) is 5.73 Å². The van der Waals surface area contributed by atoms with E-state index >= 15 is 0 Å². The summed E-state index contributed by atoms with van der Waals surface area (Å²) >= 11 is 0. The third-order valence-corrected chi connectivity index (χ3v) is 2.01. The van der Waals surface area contributed by atoms with Crippen LogP contribution in [-0.2, 0) is 6.54 Å². The highest BCUT2D eigenvalue weighted by Gasteiger charge is 2.03. The number of aromatic nitrogens is 3. The van der Waals surface area contributed by atoms with Crippen molar-refractivity contribution in [2.24, 2.45) is 5.73 Å². The molecule has 84 valence electrons. The van der Waals surface area contributed by atoms with Gasteiger partial charge in [0, 0.05) is 11.9 Å². The van der Waals surface area contributed by atoms with Crippen LogP contribution in [0.15, 0.2) is 30.5 Å². The van der Waals surface area contributed by atoms with Crippen LogP contribution in [0.4, 0.5) is 0 Å². The molecule has 2 N–H and O–H groups in total. The third kappa shape index (κ3) is 2.74. The van der Waals surface area contributed by atoms with E-state index in [-0.39, 0.29) is 12.4 Å². The predicted octanol–water partition coefficient (Wildman–Crippen LogP) is 1.73. The van der Waals surface area contributed by atoms with Crippen molar-refractivity contribution in [3.05, 3.63) is 42.0 Å². The number of halogens is 1. The summed E-state index contributed by atoms with van der Waals surface area (Å²) in [5, 5.41) is 0. The molecule has 4 nitrogen and oxygen atoms in total. The van der Waals surface area contributed by atoms with Crippen LogP contribution in [-0.4, -0.2) is 15.0 Å². The Morgan fingerprint density at radius 2 is 2.00 bits per heavy atom. The molecule has 0 radical (unpaired) electrons. The highest BCUT2D eigenvalue weighted by Crippen LogP contribution is 2.14. The van der Waals surface area contributed by atoms with E-state index in [2.05, 4.69) is 15.0 Å². The average molecular weight is 237 g/mol. The summed E-state index contributed by atoms with van der Waals surface area (Å²) in [5.74, 6) is 0.649. The Balaban J connectivity index is 0.00000128. The fraction of sp³-hybridized carbons (Fsp3) is 0.182. The monoisotopic (exact) mass is 236 g/mol. The van der Waals surface area contributed by atoms with Gasteiger partial charge in [-0.25, -0.2) is 9.97 Å². The van der Waals surface area contributed by atoms with Crippen molar-refractivity contribution < 1.29 is 0 Å². The molecule has 0 aromatic carbocycles. The van der Waals surface area contributed by atoms with Gasteiger partial charge in [0.15, 0.2) is 0 Å². The Hall–Kier alpha value is -1.52. The number of rotatable bonds is 2. The number of nitrogens with two attached hydrogens (primary N) is 1. The van der Waals surface area contributed by atoms with E-state index in [1.807, 2.05) is 31.2 Å². The summed E-state index contributed by atoms with van der Waals surface area (Å²) in [7, 11) is 0. The summed E-state index contributed by atoms with van der Waals surface area (Å²) < 4.78 is 0. The van der Waals surface area contributed by atoms with Crippen molar-refractivity contribution >= 4 is 12.4 Å². The Labute approximate surface area is 100 Å². The van der Waals surface area contributed by atoms with E-state index in [1.165, 1.54) is 0 Å². The van der Waals surface area contributed by atoms with Gasteiger partial charge in [0.25, 0.3) is 0 Å². The molecule has 2 aromatic heterocycles. The van der Waals surface area contributed by atoms with E-state index in [0.717, 1.165) is 17.1 Å². The lowest BCUT2D eigenvalue weighted by molar-refractivity contribution is 0.892. The van der Waals surface area contributed by atoms with Gasteiger partial charge in [-0.3, -0.25) is 4.98 Å². The van der Waals surface area contributed by atoms with Crippen LogP contribution in [0.2, 0.25) is 0 Å². The molecule has 2 rings (SSSR count). The molecule has 0 atom stereocenters. The minimum absolute atomic E-state index is 0. The van der Waals surface area contributed by atoms with Crippen molar-refractivity contribution in [3.8, 4) is 11.4 Å². The molecule has 0 aliphatic carbocycles. The maximum Gasteiger partial charge on any atom is 0.142 e. The van der Waals surface area contributed by atoms with E-state index in [9.17, 15) is 0 Å². The molecule has 0 aliphatic heterocycles. The normalized spacial score (nSPS) is 9.62. The number of pyridine rings is 1. The van der Waals surface area contributed by atoms with E-state index < -0.39 is 0 Å². The van der Waals surface area contributed by atoms with E-state index in [1.54, 1.807) is 6.20 Å². The zero-order chi connectivity index (χ0) is 10.7. The number of nitrogens with zero attached hydrogens (tertiary/aromatic N) is 3. The molecule has 0 spiro atoms. The first-order valence-corrected chi connectivity index (χ1v) is 4.75. The average Bonchev–Trinajstić information content (AvgIpc) is 2.29. The van der Waals surface area contributed by atoms with Crippen LogP contribution in [0.5, 0.6) is 0 Å². The van der Waals surface area contributed by atoms with E-state index in [0.29, 0.717) is 12.4 Å². The SMILES string of the molecule is Cc1cc(-c2ccccn2)nc(CN)n1.Cl. The second kappa shape index (κ2) is 5.53. The maximum absolute atomic E-state index is 5.52. The molecule has 16 heavy (non-hydrogen) atoms. The molecular weight excluding hydrogens is 224 g/mol. The van der Waals surface area contributed by atoms with Gasteiger partial charge in [-0.2, -0.15) is 0 Å². The van der Waals surface area contributed by atoms with Crippen LogP contribution < -0.4 is 5.73 Å². The van der Waals surface area contributed by atoms with Gasteiger partial charge < -0.3 is 5.73 Å². The molecule has 0 fully saturated rings. The molecular formula is C11H13ClN4. The lowest BCUT2D eigenvalue weighted by Crippen LogP contribution is -2.05. The topological polar surface area (TPSA) is 64.7 Å². The molecule has 0 amide bonds. The molecule has 0 saturated carbocycles. The van der Waals surface area contributed by atoms with Gasteiger partial charge in [0.05, 0.1) is 17.9 Å². The molecule has 0 unspecified atom stereocenters.